The minimum atomic E-state index is -1.16. The normalized spacial score (nSPS) is 19.9. The van der Waals surface area contributed by atoms with Crippen molar-refractivity contribution in [3.8, 4) is 0 Å². The minimum Gasteiger partial charge on any atom is -0.481 e. The first-order chi connectivity index (χ1) is 21.2. The molecular weight excluding hydrogens is 575 g/mol. The molecule has 4 rings (SSSR count). The molecule has 1 aromatic carbocycles. The molecule has 1 aromatic rings. The van der Waals surface area contributed by atoms with E-state index < -0.39 is 67.4 Å². The highest BCUT2D eigenvalue weighted by atomic mass is 19.1. The Morgan fingerprint density at radius 1 is 1.25 bits per heavy atom. The molecule has 4 atom stereocenters. The maximum atomic E-state index is 14.1. The number of rotatable bonds is 15. The van der Waals surface area contributed by atoms with Crippen LogP contribution in [0.5, 0.6) is 0 Å². The van der Waals surface area contributed by atoms with Gasteiger partial charge in [-0.15, -0.1) is 0 Å². The van der Waals surface area contributed by atoms with Crippen molar-refractivity contribution in [2.24, 2.45) is 16.1 Å². The first-order valence-corrected chi connectivity index (χ1v) is 14.9. The SMILES string of the molecule is CC[C@H](C)[C@@H](C(=O)N[C@H]1CCc2cccc3c2N(C1=O)[C@H](C(=O)NCC1=CCN=N1)C3)N(CCC(=O)O)C(=O)COCCF. The number of aryl methyl sites for hydroxylation is 1. The van der Waals surface area contributed by atoms with Gasteiger partial charge in [0, 0.05) is 13.0 Å². The number of azo groups is 1. The largest absolute Gasteiger partial charge is 0.481 e. The summed E-state index contributed by atoms with van der Waals surface area (Å²) < 4.78 is 17.6. The van der Waals surface area contributed by atoms with Crippen LogP contribution < -0.4 is 15.5 Å². The number of hydrogen-bond acceptors (Lipinski definition) is 8. The van der Waals surface area contributed by atoms with Crippen LogP contribution in [0.25, 0.3) is 0 Å². The lowest BCUT2D eigenvalue weighted by Gasteiger charge is -2.35. The van der Waals surface area contributed by atoms with E-state index in [9.17, 15) is 33.5 Å². The maximum absolute atomic E-state index is 14.1. The number of halogens is 1. The van der Waals surface area contributed by atoms with Crippen molar-refractivity contribution in [1.29, 1.82) is 0 Å². The van der Waals surface area contributed by atoms with Gasteiger partial charge in [0.2, 0.25) is 23.6 Å². The van der Waals surface area contributed by atoms with Gasteiger partial charge >= 0.3 is 5.97 Å². The van der Waals surface area contributed by atoms with Crippen LogP contribution in [0.1, 0.15) is 44.2 Å². The number of benzene rings is 1. The van der Waals surface area contributed by atoms with Gasteiger partial charge < -0.3 is 25.4 Å². The first-order valence-electron chi connectivity index (χ1n) is 14.9. The van der Waals surface area contributed by atoms with Crippen molar-refractivity contribution >= 4 is 35.3 Å². The topological polar surface area (TPSA) is 170 Å². The van der Waals surface area contributed by atoms with Gasteiger partial charge in [-0.05, 0) is 36.0 Å². The Bertz CT molecular complexity index is 1330. The van der Waals surface area contributed by atoms with Crippen LogP contribution in [-0.4, -0.2) is 97.3 Å². The van der Waals surface area contributed by atoms with E-state index >= 15 is 0 Å². The van der Waals surface area contributed by atoms with Crippen molar-refractivity contribution < 1.29 is 38.2 Å². The van der Waals surface area contributed by atoms with E-state index in [0.29, 0.717) is 37.2 Å². The monoisotopic (exact) mass is 614 g/mol. The smallest absolute Gasteiger partial charge is 0.305 e. The molecule has 3 aliphatic heterocycles. The molecule has 0 aliphatic carbocycles. The molecule has 4 amide bonds. The van der Waals surface area contributed by atoms with Crippen LogP contribution in [0.15, 0.2) is 40.2 Å². The summed E-state index contributed by atoms with van der Waals surface area (Å²) in [6.45, 7) is 2.31. The highest BCUT2D eigenvalue weighted by molar-refractivity contribution is 6.08. The second-order valence-electron chi connectivity index (χ2n) is 11.1. The molecule has 0 bridgehead atoms. The molecule has 3 aliphatic rings. The van der Waals surface area contributed by atoms with Gasteiger partial charge in [0.25, 0.3) is 0 Å². The van der Waals surface area contributed by atoms with E-state index in [1.165, 1.54) is 4.90 Å². The van der Waals surface area contributed by atoms with Crippen LogP contribution in [0.4, 0.5) is 10.1 Å². The zero-order valence-corrected chi connectivity index (χ0v) is 25.0. The van der Waals surface area contributed by atoms with Crippen LogP contribution in [0.2, 0.25) is 0 Å². The molecule has 3 heterocycles. The number of ether oxygens (including phenoxy) is 1. The predicted molar refractivity (Wildman–Crippen MR) is 156 cm³/mol. The molecule has 13 nitrogen and oxygen atoms in total. The second-order valence-corrected chi connectivity index (χ2v) is 11.1. The predicted octanol–water partition coefficient (Wildman–Crippen LogP) is 1.55. The van der Waals surface area contributed by atoms with Crippen molar-refractivity contribution in [3.63, 3.8) is 0 Å². The number of alkyl halides is 1. The number of carboxylic acid groups (broad SMARTS) is 1. The summed E-state index contributed by atoms with van der Waals surface area (Å²) in [5.74, 6) is -3.64. The van der Waals surface area contributed by atoms with E-state index in [4.69, 9.17) is 4.74 Å². The Morgan fingerprint density at radius 2 is 2.02 bits per heavy atom. The summed E-state index contributed by atoms with van der Waals surface area (Å²) in [4.78, 5) is 68.5. The summed E-state index contributed by atoms with van der Waals surface area (Å²) in [7, 11) is 0. The number of nitrogens with one attached hydrogen (secondary N) is 2. The van der Waals surface area contributed by atoms with E-state index in [-0.39, 0.29) is 32.0 Å². The van der Waals surface area contributed by atoms with Gasteiger partial charge in [-0.2, -0.15) is 10.2 Å². The lowest BCUT2D eigenvalue weighted by Crippen LogP contribution is -2.59. The summed E-state index contributed by atoms with van der Waals surface area (Å²) in [5.41, 5.74) is 3.06. The minimum absolute atomic E-state index is 0.177. The summed E-state index contributed by atoms with van der Waals surface area (Å²) in [6, 6.07) is 2.72. The molecule has 0 radical (unpaired) electrons. The lowest BCUT2D eigenvalue weighted by molar-refractivity contribution is -0.148. The fraction of sp³-hybridized carbons (Fsp3) is 0.567. The van der Waals surface area contributed by atoms with Crippen molar-refractivity contribution in [2.75, 3.05) is 44.4 Å². The third-order valence-electron chi connectivity index (χ3n) is 8.20. The van der Waals surface area contributed by atoms with Gasteiger partial charge in [-0.3, -0.25) is 28.9 Å². The van der Waals surface area contributed by atoms with Crippen molar-refractivity contribution in [3.05, 3.63) is 41.1 Å². The molecule has 238 valence electrons. The molecule has 44 heavy (non-hydrogen) atoms. The number of carboxylic acids is 1. The van der Waals surface area contributed by atoms with Gasteiger partial charge in [0.05, 0.1) is 37.5 Å². The molecular formula is C30H39FN6O7. The molecule has 0 fully saturated rings. The van der Waals surface area contributed by atoms with E-state index in [1.807, 2.05) is 25.1 Å². The molecule has 0 saturated carbocycles. The quantitative estimate of drug-likeness (QED) is 0.252. The summed E-state index contributed by atoms with van der Waals surface area (Å²) in [5, 5.41) is 22.8. The first kappa shape index (κ1) is 32.7. The number of carbonyl (C=O) groups excluding carboxylic acids is 4. The third kappa shape index (κ3) is 7.47. The van der Waals surface area contributed by atoms with Gasteiger partial charge in [0.1, 0.15) is 31.4 Å². The summed E-state index contributed by atoms with van der Waals surface area (Å²) >= 11 is 0. The van der Waals surface area contributed by atoms with E-state index in [2.05, 4.69) is 20.9 Å². The van der Waals surface area contributed by atoms with Gasteiger partial charge in [-0.25, -0.2) is 4.39 Å². The highest BCUT2D eigenvalue weighted by Crippen LogP contribution is 2.39. The number of anilines is 1. The number of hydrogen-bond donors (Lipinski definition) is 3. The zero-order valence-electron chi connectivity index (χ0n) is 25.0. The second kappa shape index (κ2) is 15.0. The van der Waals surface area contributed by atoms with E-state index in [0.717, 1.165) is 16.0 Å². The fourth-order valence-electron chi connectivity index (χ4n) is 5.82. The Labute approximate surface area is 254 Å². The van der Waals surface area contributed by atoms with Crippen molar-refractivity contribution in [2.45, 2.75) is 64.1 Å². The van der Waals surface area contributed by atoms with Crippen molar-refractivity contribution in [1.82, 2.24) is 15.5 Å². The maximum Gasteiger partial charge on any atom is 0.305 e. The number of para-hydroxylation sites is 1. The molecule has 0 unspecified atom stereocenters. The third-order valence-corrected chi connectivity index (χ3v) is 8.20. The van der Waals surface area contributed by atoms with Crippen LogP contribution in [-0.2, 0) is 41.6 Å². The van der Waals surface area contributed by atoms with Gasteiger partial charge in [-0.1, -0.05) is 38.5 Å². The summed E-state index contributed by atoms with van der Waals surface area (Å²) in [6.07, 6.45) is 2.89. The Morgan fingerprint density at radius 3 is 2.70 bits per heavy atom. The molecule has 0 saturated heterocycles. The Balaban J connectivity index is 1.57. The van der Waals surface area contributed by atoms with Crippen LogP contribution in [0, 0.1) is 5.92 Å². The standard InChI is InChI=1S/C30H39FN6O7/c1-3-18(2)26(36(13-10-25(39)40)24(38)17-44-14-11-31)29(42)34-22-8-7-19-5-4-6-20-15-23(37(27(19)20)30(22)43)28(41)32-16-21-9-12-33-35-21/h4-6,9,18,22-23,26H,3,7-8,10-17H2,1-2H3,(H,32,41)(H,34,42)(H,39,40)/t18-,22-,23-,26-/m0/s1. The van der Waals surface area contributed by atoms with Gasteiger partial charge in [0.15, 0.2) is 0 Å². The Hall–Kier alpha value is -4.20. The molecule has 0 spiro atoms. The number of carbonyl (C=O) groups is 5. The van der Waals surface area contributed by atoms with Crippen LogP contribution in [0.3, 0.4) is 0 Å². The zero-order chi connectivity index (χ0) is 31.8. The lowest BCUT2D eigenvalue weighted by atomic mass is 9.95. The average Bonchev–Trinajstić information content (AvgIpc) is 3.64. The molecule has 3 N–H and O–H groups in total. The molecule has 0 aromatic heterocycles. The fourth-order valence-corrected chi connectivity index (χ4v) is 5.82. The Kier molecular flexibility index (Phi) is 11.1. The highest BCUT2D eigenvalue weighted by Gasteiger charge is 2.45. The van der Waals surface area contributed by atoms with Crippen LogP contribution >= 0.6 is 0 Å². The van der Waals surface area contributed by atoms with E-state index in [1.54, 1.807) is 13.0 Å². The number of amides is 4. The number of aliphatic carboxylic acids is 1. The average molecular weight is 615 g/mol. The number of nitrogens with zero attached hydrogens (tertiary/aromatic N) is 4. The molecule has 14 heteroatoms.